The first-order chi connectivity index (χ1) is 3.25. The van der Waals surface area contributed by atoms with Crippen molar-refractivity contribution in [3.63, 3.8) is 0 Å². The maximum atomic E-state index is 6.20. The second-order valence-corrected chi connectivity index (χ2v) is 18.0. The van der Waals surface area contributed by atoms with E-state index in [-0.39, 0.29) is 0 Å². The summed E-state index contributed by atoms with van der Waals surface area (Å²) in [5, 5.41) is 0. The molecule has 0 aliphatic carbocycles. The van der Waals surface area contributed by atoms with E-state index in [1.165, 1.54) is 0 Å². The fraction of sp³-hybridized carbons (Fsp3) is 1.00. The molecule has 0 radical (unpaired) electrons. The molecule has 0 amide bonds. The van der Waals surface area contributed by atoms with Gasteiger partial charge in [0, 0.05) is 0 Å². The van der Waals surface area contributed by atoms with Crippen LogP contribution >= 0.6 is 10.0 Å². The molecule has 50 valence electrons. The van der Waals surface area contributed by atoms with Crippen molar-refractivity contribution in [2.45, 2.75) is 36.5 Å². The Morgan fingerprint density at radius 2 is 1.25 bits per heavy atom. The van der Waals surface area contributed by atoms with Crippen molar-refractivity contribution in [2.75, 3.05) is 0 Å². The molecule has 0 heterocycles. The molecule has 0 aliphatic rings. The molecule has 0 aromatic carbocycles. The monoisotopic (exact) mass is 196 g/mol. The minimum atomic E-state index is -1.84. The molecule has 0 aromatic rings. The van der Waals surface area contributed by atoms with E-state index in [0.29, 0.717) is 4.25 Å². The van der Waals surface area contributed by atoms with Crippen molar-refractivity contribution in [2.24, 2.45) is 0 Å². The van der Waals surface area contributed by atoms with Gasteiger partial charge in [-0.05, 0) is 0 Å². The molecule has 0 fully saturated rings. The Balaban J connectivity index is 4.02. The Labute approximate surface area is 59.2 Å². The van der Waals surface area contributed by atoms with Crippen LogP contribution in [0.3, 0.4) is 0 Å². The molecule has 2 heteroatoms. The number of halogens is 1. The van der Waals surface area contributed by atoms with E-state index in [4.69, 9.17) is 10.0 Å². The molecule has 0 aliphatic heterocycles. The molecule has 0 bridgehead atoms. The predicted molar refractivity (Wildman–Crippen MR) is 43.1 cm³/mol. The molecule has 0 unspecified atom stereocenters. The van der Waals surface area contributed by atoms with Crippen LogP contribution in [0.1, 0.15) is 20.8 Å². The van der Waals surface area contributed by atoms with Gasteiger partial charge in [0.25, 0.3) is 0 Å². The molecule has 0 spiro atoms. The van der Waals surface area contributed by atoms with Gasteiger partial charge in [0.15, 0.2) is 0 Å². The molecule has 8 heavy (non-hydrogen) atoms. The summed E-state index contributed by atoms with van der Waals surface area (Å²) in [5.41, 5.74) is 0. The SMILES string of the molecule is C[C](C)(C)[Ge]([CH3])([CH3])[Cl]. The predicted octanol–water partition coefficient (Wildman–Crippen LogP) is 3.23. The first-order valence-electron chi connectivity index (χ1n) is 2.94. The van der Waals surface area contributed by atoms with E-state index in [1.54, 1.807) is 0 Å². The van der Waals surface area contributed by atoms with Crippen LogP contribution in [0.2, 0.25) is 15.8 Å². The van der Waals surface area contributed by atoms with Gasteiger partial charge in [-0.15, -0.1) is 0 Å². The summed E-state index contributed by atoms with van der Waals surface area (Å²) < 4.78 is 0.390. The molecule has 0 nitrogen and oxygen atoms in total. The zero-order valence-electron chi connectivity index (χ0n) is 6.38. The van der Waals surface area contributed by atoms with Crippen LogP contribution in [0, 0.1) is 0 Å². The van der Waals surface area contributed by atoms with Crippen LogP contribution in [-0.4, -0.2) is 12.3 Å². The van der Waals surface area contributed by atoms with Crippen LogP contribution in [0.5, 0.6) is 0 Å². The van der Waals surface area contributed by atoms with Crippen molar-refractivity contribution >= 4 is 22.3 Å². The normalized spacial score (nSPS) is 14.2. The molecule has 0 rings (SSSR count). The van der Waals surface area contributed by atoms with E-state index in [9.17, 15) is 0 Å². The second kappa shape index (κ2) is 2.22. The van der Waals surface area contributed by atoms with Crippen LogP contribution in [0.15, 0.2) is 0 Å². The van der Waals surface area contributed by atoms with Gasteiger partial charge in [0.2, 0.25) is 0 Å². The Kier molecular flexibility index (Phi) is 2.45. The quantitative estimate of drug-likeness (QED) is 0.520. The van der Waals surface area contributed by atoms with Crippen molar-refractivity contribution < 1.29 is 0 Å². The first-order valence-corrected chi connectivity index (χ1v) is 10.9. The zero-order valence-corrected chi connectivity index (χ0v) is 9.23. The Bertz CT molecular complexity index is 63.5. The van der Waals surface area contributed by atoms with E-state index in [1.807, 2.05) is 0 Å². The fourth-order valence-corrected chi connectivity index (χ4v) is 0. The van der Waals surface area contributed by atoms with Crippen molar-refractivity contribution in [3.8, 4) is 0 Å². The third-order valence-electron chi connectivity index (χ3n) is 1.78. The number of hydrogen-bond acceptors (Lipinski definition) is 0. The standard InChI is InChI=1S/C6H15ClGe/c1-6(2,3)8(4,5)7/h1-5H3. The molecule has 0 saturated carbocycles. The topological polar surface area (TPSA) is 0 Å². The summed E-state index contributed by atoms with van der Waals surface area (Å²) in [5.74, 6) is 4.45. The molecule has 0 aromatic heterocycles. The third-order valence-corrected chi connectivity index (χ3v) is 12.2. The zero-order chi connectivity index (χ0) is 7.00. The fourth-order valence-electron chi connectivity index (χ4n) is 0. The van der Waals surface area contributed by atoms with Crippen LogP contribution in [0.25, 0.3) is 0 Å². The number of rotatable bonds is 0. The summed E-state index contributed by atoms with van der Waals surface area (Å²) in [6.07, 6.45) is 0. The summed E-state index contributed by atoms with van der Waals surface area (Å²) in [4.78, 5) is 0. The molecular formula is C6H15ClGe. The van der Waals surface area contributed by atoms with Gasteiger partial charge in [-0.3, -0.25) is 0 Å². The number of hydrogen-bond donors (Lipinski definition) is 0. The molecular weight excluding hydrogens is 180 g/mol. The van der Waals surface area contributed by atoms with E-state index in [0.717, 1.165) is 0 Å². The van der Waals surface area contributed by atoms with Gasteiger partial charge >= 0.3 is 58.9 Å². The van der Waals surface area contributed by atoms with Gasteiger partial charge in [-0.2, -0.15) is 0 Å². The summed E-state index contributed by atoms with van der Waals surface area (Å²) in [6, 6.07) is 0. The Morgan fingerprint density at radius 3 is 1.25 bits per heavy atom. The van der Waals surface area contributed by atoms with Crippen LogP contribution < -0.4 is 0 Å². The average molecular weight is 195 g/mol. The first kappa shape index (κ1) is 8.83. The van der Waals surface area contributed by atoms with Gasteiger partial charge < -0.3 is 0 Å². The van der Waals surface area contributed by atoms with E-state index >= 15 is 0 Å². The van der Waals surface area contributed by atoms with Crippen LogP contribution in [0.4, 0.5) is 0 Å². The second-order valence-electron chi connectivity index (χ2n) is 3.72. The van der Waals surface area contributed by atoms with Gasteiger partial charge in [0.1, 0.15) is 0 Å². The summed E-state index contributed by atoms with van der Waals surface area (Å²) in [7, 11) is 6.20. The van der Waals surface area contributed by atoms with E-state index < -0.39 is 12.3 Å². The Hall–Kier alpha value is 0.833. The third kappa shape index (κ3) is 2.40. The molecule has 0 saturated heterocycles. The maximum absolute atomic E-state index is 6.20. The van der Waals surface area contributed by atoms with E-state index in [2.05, 4.69) is 32.3 Å². The van der Waals surface area contributed by atoms with Gasteiger partial charge in [-0.1, -0.05) is 0 Å². The van der Waals surface area contributed by atoms with Crippen molar-refractivity contribution in [1.82, 2.24) is 0 Å². The van der Waals surface area contributed by atoms with Crippen molar-refractivity contribution in [3.05, 3.63) is 0 Å². The average Bonchev–Trinajstić information content (AvgIpc) is 1.25. The summed E-state index contributed by atoms with van der Waals surface area (Å²) in [6.45, 7) is 6.67. The molecule has 0 atom stereocenters. The van der Waals surface area contributed by atoms with Gasteiger partial charge in [-0.25, -0.2) is 0 Å². The Morgan fingerprint density at radius 1 is 1.12 bits per heavy atom. The van der Waals surface area contributed by atoms with Crippen LogP contribution in [-0.2, 0) is 0 Å². The van der Waals surface area contributed by atoms with Gasteiger partial charge in [0.05, 0.1) is 0 Å². The minimum absolute atomic E-state index is 0.390. The summed E-state index contributed by atoms with van der Waals surface area (Å²) >= 11 is -1.84. The van der Waals surface area contributed by atoms with Crippen molar-refractivity contribution in [1.29, 1.82) is 0 Å². The molecule has 0 N–H and O–H groups in total.